The molecule has 4 heteroatoms. The van der Waals surface area contributed by atoms with Crippen molar-refractivity contribution in [1.29, 1.82) is 0 Å². The number of benzene rings is 2. The van der Waals surface area contributed by atoms with Crippen LogP contribution in [0, 0.1) is 0 Å². The highest BCUT2D eigenvalue weighted by Crippen LogP contribution is 2.06. The number of amides is 1. The highest BCUT2D eigenvalue weighted by atomic mass is 16.5. The molecule has 0 saturated heterocycles. The number of rotatable bonds is 7. The van der Waals surface area contributed by atoms with Crippen LogP contribution in [-0.4, -0.2) is 24.5 Å². The summed E-state index contributed by atoms with van der Waals surface area (Å²) >= 11 is 0. The maximum atomic E-state index is 12.4. The van der Waals surface area contributed by atoms with E-state index in [0.717, 1.165) is 5.56 Å². The van der Waals surface area contributed by atoms with Crippen LogP contribution in [0.1, 0.15) is 22.8 Å². The first kappa shape index (κ1) is 17.5. The Morgan fingerprint density at radius 1 is 1.04 bits per heavy atom. The zero-order chi connectivity index (χ0) is 17.2. The van der Waals surface area contributed by atoms with Gasteiger partial charge in [0.25, 0.3) is 5.91 Å². The highest BCUT2D eigenvalue weighted by molar-refractivity contribution is 5.94. The minimum Gasteiger partial charge on any atom is -0.462 e. The lowest BCUT2D eigenvalue weighted by atomic mass is 10.0. The molecule has 0 radical (unpaired) electrons. The number of carbonyl (C=O) groups excluding carboxylic acids is 2. The van der Waals surface area contributed by atoms with E-state index in [0.29, 0.717) is 12.0 Å². The molecule has 1 amide bonds. The average Bonchev–Trinajstić information content (AvgIpc) is 2.60. The molecule has 0 aromatic heterocycles. The number of carbonyl (C=O) groups is 2. The largest absolute Gasteiger partial charge is 0.462 e. The lowest BCUT2D eigenvalue weighted by Gasteiger charge is -2.15. The van der Waals surface area contributed by atoms with Gasteiger partial charge in [-0.2, -0.15) is 0 Å². The van der Waals surface area contributed by atoms with E-state index in [9.17, 15) is 9.59 Å². The van der Waals surface area contributed by atoms with Gasteiger partial charge in [0.1, 0.15) is 6.61 Å². The second-order valence-electron chi connectivity index (χ2n) is 5.37. The summed E-state index contributed by atoms with van der Waals surface area (Å²) in [7, 11) is 0. The third kappa shape index (κ3) is 6.08. The Balaban J connectivity index is 2.04. The molecule has 0 aliphatic carbocycles. The minimum atomic E-state index is -0.326. The molecule has 2 aromatic carbocycles. The van der Waals surface area contributed by atoms with Crippen molar-refractivity contribution in [2.24, 2.45) is 0 Å². The molecular formula is C20H21NO3. The van der Waals surface area contributed by atoms with Gasteiger partial charge in [-0.05, 0) is 30.2 Å². The molecule has 1 atom stereocenters. The summed E-state index contributed by atoms with van der Waals surface area (Å²) in [4.78, 5) is 23.2. The van der Waals surface area contributed by atoms with Crippen LogP contribution in [-0.2, 0) is 16.0 Å². The van der Waals surface area contributed by atoms with Gasteiger partial charge in [0.15, 0.2) is 0 Å². The van der Waals surface area contributed by atoms with Crippen molar-refractivity contribution in [3.05, 3.63) is 83.9 Å². The van der Waals surface area contributed by atoms with Crippen LogP contribution < -0.4 is 5.32 Å². The van der Waals surface area contributed by atoms with Crippen molar-refractivity contribution in [2.75, 3.05) is 6.61 Å². The van der Waals surface area contributed by atoms with Gasteiger partial charge in [0.05, 0.1) is 6.04 Å². The Labute approximate surface area is 142 Å². The molecule has 0 bridgehead atoms. The van der Waals surface area contributed by atoms with Crippen molar-refractivity contribution in [1.82, 2.24) is 5.32 Å². The average molecular weight is 323 g/mol. The summed E-state index contributed by atoms with van der Waals surface area (Å²) < 4.78 is 4.89. The van der Waals surface area contributed by atoms with Gasteiger partial charge < -0.3 is 10.1 Å². The van der Waals surface area contributed by atoms with Crippen molar-refractivity contribution < 1.29 is 14.3 Å². The van der Waals surface area contributed by atoms with Gasteiger partial charge in [-0.3, -0.25) is 9.59 Å². The number of ether oxygens (including phenoxy) is 1. The van der Waals surface area contributed by atoms with E-state index >= 15 is 0 Å². The number of hydrogen-bond acceptors (Lipinski definition) is 3. The molecule has 1 N–H and O–H groups in total. The Kier molecular flexibility index (Phi) is 6.77. The predicted octanol–water partition coefficient (Wildman–Crippen LogP) is 3.15. The Morgan fingerprint density at radius 2 is 1.67 bits per heavy atom. The SMILES string of the molecule is CC(=O)OCC=CC(Cc1ccccc1)NC(=O)c1ccccc1. The standard InChI is InChI=1S/C20H21NO3/c1-16(22)24-14-8-13-19(15-17-9-4-2-5-10-17)21-20(23)18-11-6-3-7-12-18/h2-13,19H,14-15H2,1H3,(H,21,23). The first-order chi connectivity index (χ1) is 11.6. The van der Waals surface area contributed by atoms with Gasteiger partial charge >= 0.3 is 5.97 Å². The normalized spacial score (nSPS) is 11.9. The summed E-state index contributed by atoms with van der Waals surface area (Å²) in [6, 6.07) is 18.8. The number of hydrogen-bond donors (Lipinski definition) is 1. The van der Waals surface area contributed by atoms with Crippen molar-refractivity contribution in [3.8, 4) is 0 Å². The first-order valence-corrected chi connectivity index (χ1v) is 7.85. The summed E-state index contributed by atoms with van der Waals surface area (Å²) in [5.41, 5.74) is 1.73. The van der Waals surface area contributed by atoms with E-state index in [-0.39, 0.29) is 24.5 Å². The fraction of sp³-hybridized carbons (Fsp3) is 0.200. The van der Waals surface area contributed by atoms with Crippen molar-refractivity contribution in [3.63, 3.8) is 0 Å². The summed E-state index contributed by atoms with van der Waals surface area (Å²) in [6.07, 6.45) is 4.27. The van der Waals surface area contributed by atoms with E-state index in [2.05, 4.69) is 5.32 Å². The van der Waals surface area contributed by atoms with Crippen molar-refractivity contribution in [2.45, 2.75) is 19.4 Å². The third-order valence-corrected chi connectivity index (χ3v) is 3.40. The maximum absolute atomic E-state index is 12.4. The van der Waals surface area contributed by atoms with Crippen molar-refractivity contribution >= 4 is 11.9 Å². The summed E-state index contributed by atoms with van der Waals surface area (Å²) in [6.45, 7) is 1.56. The molecule has 4 nitrogen and oxygen atoms in total. The summed E-state index contributed by atoms with van der Waals surface area (Å²) in [5, 5.41) is 3.00. The Bertz CT molecular complexity index is 681. The van der Waals surface area contributed by atoms with Gasteiger partial charge in [-0.15, -0.1) is 0 Å². The molecular weight excluding hydrogens is 302 g/mol. The minimum absolute atomic E-state index is 0.131. The maximum Gasteiger partial charge on any atom is 0.302 e. The van der Waals surface area contributed by atoms with E-state index in [1.165, 1.54) is 6.92 Å². The van der Waals surface area contributed by atoms with Gasteiger partial charge in [-0.1, -0.05) is 54.6 Å². The van der Waals surface area contributed by atoms with Crippen LogP contribution in [0.3, 0.4) is 0 Å². The van der Waals surface area contributed by atoms with E-state index < -0.39 is 0 Å². The Hall–Kier alpha value is -2.88. The molecule has 0 fully saturated rings. The van der Waals surface area contributed by atoms with Crippen LogP contribution in [0.4, 0.5) is 0 Å². The van der Waals surface area contributed by atoms with Crippen LogP contribution in [0.2, 0.25) is 0 Å². The van der Waals surface area contributed by atoms with Crippen LogP contribution in [0.15, 0.2) is 72.8 Å². The summed E-state index contributed by atoms with van der Waals surface area (Å²) in [5.74, 6) is -0.457. The molecule has 0 saturated carbocycles. The van der Waals surface area contributed by atoms with Gasteiger partial charge in [0, 0.05) is 12.5 Å². The fourth-order valence-electron chi connectivity index (χ4n) is 2.26. The highest BCUT2D eigenvalue weighted by Gasteiger charge is 2.11. The topological polar surface area (TPSA) is 55.4 Å². The lowest BCUT2D eigenvalue weighted by Crippen LogP contribution is -2.35. The molecule has 0 aliphatic heterocycles. The quantitative estimate of drug-likeness (QED) is 0.629. The Morgan fingerprint density at radius 3 is 2.29 bits per heavy atom. The third-order valence-electron chi connectivity index (χ3n) is 3.40. The van der Waals surface area contributed by atoms with Crippen LogP contribution >= 0.6 is 0 Å². The fourth-order valence-corrected chi connectivity index (χ4v) is 2.26. The molecule has 2 rings (SSSR count). The smallest absolute Gasteiger partial charge is 0.302 e. The zero-order valence-electron chi connectivity index (χ0n) is 13.6. The van der Waals surface area contributed by atoms with E-state index in [1.807, 2.05) is 54.6 Å². The second-order valence-corrected chi connectivity index (χ2v) is 5.37. The monoisotopic (exact) mass is 323 g/mol. The molecule has 0 aliphatic rings. The van der Waals surface area contributed by atoms with Crippen LogP contribution in [0.25, 0.3) is 0 Å². The van der Waals surface area contributed by atoms with Gasteiger partial charge in [-0.25, -0.2) is 0 Å². The number of nitrogens with one attached hydrogen (secondary N) is 1. The first-order valence-electron chi connectivity index (χ1n) is 7.85. The lowest BCUT2D eigenvalue weighted by molar-refractivity contribution is -0.139. The van der Waals surface area contributed by atoms with Gasteiger partial charge in [0.2, 0.25) is 0 Å². The second kappa shape index (κ2) is 9.30. The van der Waals surface area contributed by atoms with E-state index in [4.69, 9.17) is 4.74 Å². The molecule has 2 aromatic rings. The number of esters is 1. The van der Waals surface area contributed by atoms with E-state index in [1.54, 1.807) is 18.2 Å². The zero-order valence-corrected chi connectivity index (χ0v) is 13.6. The molecule has 0 heterocycles. The molecule has 0 spiro atoms. The molecule has 24 heavy (non-hydrogen) atoms. The molecule has 124 valence electrons. The predicted molar refractivity (Wildman–Crippen MR) is 93.6 cm³/mol. The van der Waals surface area contributed by atoms with Crippen LogP contribution in [0.5, 0.6) is 0 Å². The molecule has 1 unspecified atom stereocenters.